The Balaban J connectivity index is 1.59. The van der Waals surface area contributed by atoms with E-state index in [-0.39, 0.29) is 0 Å². The zero-order valence-electron chi connectivity index (χ0n) is 14.4. The number of thiophene rings is 1. The molecule has 0 aliphatic carbocycles. The number of hydrogen-bond donors (Lipinski definition) is 2. The van der Waals surface area contributed by atoms with Gasteiger partial charge < -0.3 is 19.6 Å². The molecule has 0 saturated carbocycles. The van der Waals surface area contributed by atoms with Gasteiger partial charge in [-0.15, -0.1) is 21.5 Å². The first-order valence-electron chi connectivity index (χ1n) is 8.14. The van der Waals surface area contributed by atoms with Gasteiger partial charge in [0.05, 0.1) is 12.8 Å². The minimum atomic E-state index is 0.462. The van der Waals surface area contributed by atoms with E-state index in [1.165, 1.54) is 4.88 Å². The second kappa shape index (κ2) is 8.48. The molecule has 132 valence electrons. The van der Waals surface area contributed by atoms with Crippen LogP contribution in [0.25, 0.3) is 0 Å². The largest absolute Gasteiger partial charge is 0.467 e. The average molecular weight is 358 g/mol. The van der Waals surface area contributed by atoms with Gasteiger partial charge in [-0.25, -0.2) is 4.99 Å². The maximum absolute atomic E-state index is 5.36. The van der Waals surface area contributed by atoms with E-state index in [1.807, 2.05) is 30.7 Å². The fourth-order valence-corrected chi connectivity index (χ4v) is 2.96. The van der Waals surface area contributed by atoms with Gasteiger partial charge in [0.25, 0.3) is 0 Å². The lowest BCUT2D eigenvalue weighted by Crippen LogP contribution is -2.38. The Labute approximate surface area is 150 Å². The Kier molecular flexibility index (Phi) is 5.84. The molecule has 0 saturated heterocycles. The van der Waals surface area contributed by atoms with Crippen LogP contribution in [0, 0.1) is 6.92 Å². The van der Waals surface area contributed by atoms with Gasteiger partial charge in [-0.3, -0.25) is 0 Å². The van der Waals surface area contributed by atoms with Gasteiger partial charge >= 0.3 is 0 Å². The number of aryl methyl sites for hydroxylation is 1. The average Bonchev–Trinajstić information content (AvgIpc) is 3.36. The number of nitrogens with one attached hydrogen (secondary N) is 2. The van der Waals surface area contributed by atoms with Crippen LogP contribution in [0.3, 0.4) is 0 Å². The molecular weight excluding hydrogens is 336 g/mol. The fourth-order valence-electron chi connectivity index (χ4n) is 2.26. The van der Waals surface area contributed by atoms with Crippen LogP contribution in [-0.4, -0.2) is 27.3 Å². The molecule has 0 unspecified atom stereocenters. The van der Waals surface area contributed by atoms with Crippen LogP contribution >= 0.6 is 11.3 Å². The molecule has 0 aromatic carbocycles. The van der Waals surface area contributed by atoms with Crippen molar-refractivity contribution in [2.45, 2.75) is 26.4 Å². The second-order valence-electron chi connectivity index (χ2n) is 5.58. The number of nitrogens with zero attached hydrogens (tertiary/aromatic N) is 4. The van der Waals surface area contributed by atoms with Gasteiger partial charge in [0.15, 0.2) is 11.8 Å². The molecule has 3 rings (SSSR count). The van der Waals surface area contributed by atoms with E-state index in [9.17, 15) is 0 Å². The van der Waals surface area contributed by atoms with Gasteiger partial charge in [-0.1, -0.05) is 6.07 Å². The highest BCUT2D eigenvalue weighted by atomic mass is 32.1. The predicted molar refractivity (Wildman–Crippen MR) is 98.5 cm³/mol. The fraction of sp³-hybridized carbons (Fsp3) is 0.353. The van der Waals surface area contributed by atoms with Crippen molar-refractivity contribution in [2.75, 3.05) is 6.54 Å². The van der Waals surface area contributed by atoms with Crippen molar-refractivity contribution < 1.29 is 4.42 Å². The minimum Gasteiger partial charge on any atom is -0.467 e. The Morgan fingerprint density at radius 2 is 2.20 bits per heavy atom. The summed E-state index contributed by atoms with van der Waals surface area (Å²) in [6.07, 6.45) is 2.63. The van der Waals surface area contributed by atoms with Crippen LogP contribution in [0.5, 0.6) is 0 Å². The Morgan fingerprint density at radius 1 is 1.28 bits per heavy atom. The molecule has 3 aromatic heterocycles. The number of guanidine groups is 1. The van der Waals surface area contributed by atoms with Gasteiger partial charge in [-0.2, -0.15) is 0 Å². The third-order valence-electron chi connectivity index (χ3n) is 3.82. The van der Waals surface area contributed by atoms with Crippen molar-refractivity contribution in [1.82, 2.24) is 25.4 Å². The summed E-state index contributed by atoms with van der Waals surface area (Å²) in [7, 11) is 1.94. The van der Waals surface area contributed by atoms with E-state index in [2.05, 4.69) is 43.3 Å². The summed E-state index contributed by atoms with van der Waals surface area (Å²) in [5, 5.41) is 17.0. The molecule has 8 heteroatoms. The Hall–Kier alpha value is -2.61. The summed E-state index contributed by atoms with van der Waals surface area (Å²) < 4.78 is 7.31. The van der Waals surface area contributed by atoms with Crippen LogP contribution in [0.15, 0.2) is 45.3 Å². The van der Waals surface area contributed by atoms with Crippen LogP contribution < -0.4 is 10.6 Å². The molecule has 0 radical (unpaired) electrons. The first-order valence-corrected chi connectivity index (χ1v) is 9.02. The van der Waals surface area contributed by atoms with E-state index in [4.69, 9.17) is 4.42 Å². The molecule has 25 heavy (non-hydrogen) atoms. The van der Waals surface area contributed by atoms with E-state index in [0.29, 0.717) is 13.1 Å². The molecule has 3 aromatic rings. The van der Waals surface area contributed by atoms with Crippen LogP contribution in [-0.2, 0) is 26.6 Å². The third kappa shape index (κ3) is 4.93. The molecular formula is C17H22N6OS. The van der Waals surface area contributed by atoms with E-state index in [1.54, 1.807) is 17.6 Å². The molecule has 0 fully saturated rings. The lowest BCUT2D eigenvalue weighted by atomic mass is 10.3. The molecule has 7 nitrogen and oxygen atoms in total. The summed E-state index contributed by atoms with van der Waals surface area (Å²) in [5.74, 6) is 3.30. The van der Waals surface area contributed by atoms with Crippen molar-refractivity contribution in [2.24, 2.45) is 12.0 Å². The van der Waals surface area contributed by atoms with Crippen molar-refractivity contribution in [3.63, 3.8) is 0 Å². The van der Waals surface area contributed by atoms with Gasteiger partial charge in [0.2, 0.25) is 0 Å². The number of hydrogen-bond acceptors (Lipinski definition) is 5. The lowest BCUT2D eigenvalue weighted by molar-refractivity contribution is 0.501. The Bertz CT molecular complexity index is 791. The topological polar surface area (TPSA) is 80.3 Å². The standard InChI is InChI=1S/C17H22N6OS/c1-13-21-22-16(23(13)2)12-20-17(19-11-14-5-3-9-24-14)18-8-7-15-6-4-10-25-15/h3-6,9-10H,7-8,11-12H2,1-2H3,(H2,18,19,20). The number of rotatable bonds is 7. The van der Waals surface area contributed by atoms with Crippen LogP contribution in [0.1, 0.15) is 22.3 Å². The van der Waals surface area contributed by atoms with Crippen molar-refractivity contribution in [1.29, 1.82) is 0 Å². The second-order valence-corrected chi connectivity index (χ2v) is 6.61. The number of furan rings is 1. The van der Waals surface area contributed by atoms with Crippen molar-refractivity contribution >= 4 is 17.3 Å². The van der Waals surface area contributed by atoms with Gasteiger partial charge in [0.1, 0.15) is 18.1 Å². The zero-order valence-corrected chi connectivity index (χ0v) is 15.2. The summed E-state index contributed by atoms with van der Waals surface area (Å²) in [5.41, 5.74) is 0. The van der Waals surface area contributed by atoms with E-state index < -0.39 is 0 Å². The van der Waals surface area contributed by atoms with E-state index >= 15 is 0 Å². The lowest BCUT2D eigenvalue weighted by Gasteiger charge is -2.11. The van der Waals surface area contributed by atoms with Crippen LogP contribution in [0.2, 0.25) is 0 Å². The molecule has 0 amide bonds. The third-order valence-corrected chi connectivity index (χ3v) is 4.75. The number of aromatic nitrogens is 3. The maximum atomic E-state index is 5.36. The summed E-state index contributed by atoms with van der Waals surface area (Å²) in [6, 6.07) is 8.02. The minimum absolute atomic E-state index is 0.462. The SMILES string of the molecule is Cc1nnc(CN=C(NCCc2cccs2)NCc2ccco2)n1C. The molecule has 0 aliphatic heterocycles. The summed E-state index contributed by atoms with van der Waals surface area (Å²) in [4.78, 5) is 5.97. The highest BCUT2D eigenvalue weighted by Gasteiger charge is 2.06. The highest BCUT2D eigenvalue weighted by molar-refractivity contribution is 7.09. The maximum Gasteiger partial charge on any atom is 0.192 e. The predicted octanol–water partition coefficient (Wildman–Crippen LogP) is 2.26. The number of aliphatic imine (C=N–C) groups is 1. The van der Waals surface area contributed by atoms with Crippen molar-refractivity contribution in [3.8, 4) is 0 Å². The van der Waals surface area contributed by atoms with Gasteiger partial charge in [0, 0.05) is 18.5 Å². The first-order chi connectivity index (χ1) is 12.2. The van der Waals surface area contributed by atoms with Crippen molar-refractivity contribution in [3.05, 3.63) is 58.2 Å². The molecule has 0 aliphatic rings. The molecule has 0 atom stereocenters. The molecule has 2 N–H and O–H groups in total. The summed E-state index contributed by atoms with van der Waals surface area (Å²) >= 11 is 1.76. The highest BCUT2D eigenvalue weighted by Crippen LogP contribution is 2.08. The monoisotopic (exact) mass is 358 g/mol. The zero-order chi connectivity index (χ0) is 17.5. The van der Waals surface area contributed by atoms with Gasteiger partial charge in [-0.05, 0) is 36.9 Å². The smallest absolute Gasteiger partial charge is 0.192 e. The first kappa shape index (κ1) is 17.2. The quantitative estimate of drug-likeness (QED) is 0.500. The molecule has 0 bridgehead atoms. The van der Waals surface area contributed by atoms with Crippen LogP contribution in [0.4, 0.5) is 0 Å². The summed E-state index contributed by atoms with van der Waals surface area (Å²) in [6.45, 7) is 3.78. The normalized spacial score (nSPS) is 11.7. The van der Waals surface area contributed by atoms with E-state index in [0.717, 1.165) is 36.3 Å². The Morgan fingerprint density at radius 3 is 2.88 bits per heavy atom. The molecule has 0 spiro atoms. The molecule has 3 heterocycles.